The van der Waals surface area contributed by atoms with E-state index >= 15 is 0 Å². The number of hydrogen-bond acceptors (Lipinski definition) is 5. The van der Waals surface area contributed by atoms with Gasteiger partial charge in [0.05, 0.1) is 39.9 Å². The first-order valence-corrected chi connectivity index (χ1v) is 21.7. The SMILES string of the molecule is CCCCCCCCC/C=C\CCCCCCCCCC(=O)NC(COP(=O)(O)OCC[N+](C)(C)C)C(O)/C=C/CCCCCCCCC. The summed E-state index contributed by atoms with van der Waals surface area (Å²) in [4.78, 5) is 23.0. The number of carbonyl (C=O) groups excluding carboxylic acids is 1. The molecule has 3 N–H and O–H groups in total. The number of amides is 1. The minimum atomic E-state index is -4.33. The summed E-state index contributed by atoms with van der Waals surface area (Å²) in [6.45, 7) is 4.76. The summed E-state index contributed by atoms with van der Waals surface area (Å²) in [6.07, 6.45) is 36.7. The van der Waals surface area contributed by atoms with Gasteiger partial charge in [-0.1, -0.05) is 147 Å². The van der Waals surface area contributed by atoms with E-state index in [-0.39, 0.29) is 19.1 Å². The van der Waals surface area contributed by atoms with Crippen LogP contribution in [0.4, 0.5) is 0 Å². The van der Waals surface area contributed by atoms with E-state index in [1.165, 1.54) is 116 Å². The first kappa shape index (κ1) is 48.0. The summed E-state index contributed by atoms with van der Waals surface area (Å²) in [6, 6.07) is -0.843. The summed E-state index contributed by atoms with van der Waals surface area (Å²) in [5, 5.41) is 13.7. The maximum atomic E-state index is 12.8. The van der Waals surface area contributed by atoms with Crippen molar-refractivity contribution in [3.63, 3.8) is 0 Å². The van der Waals surface area contributed by atoms with Crippen LogP contribution < -0.4 is 5.32 Å². The van der Waals surface area contributed by atoms with Gasteiger partial charge in [0.25, 0.3) is 0 Å². The molecule has 0 aliphatic heterocycles. The van der Waals surface area contributed by atoms with Crippen LogP contribution in [0, 0.1) is 0 Å². The third-order valence-electron chi connectivity index (χ3n) is 8.92. The second kappa shape index (κ2) is 32.9. The number of likely N-dealkylation sites (N-methyl/N-ethyl adjacent to an activating group) is 1. The minimum Gasteiger partial charge on any atom is -0.387 e. The predicted molar refractivity (Wildman–Crippen MR) is 208 cm³/mol. The van der Waals surface area contributed by atoms with E-state index in [4.69, 9.17) is 9.05 Å². The van der Waals surface area contributed by atoms with Crippen molar-refractivity contribution < 1.29 is 32.9 Å². The maximum absolute atomic E-state index is 12.8. The quantitative estimate of drug-likeness (QED) is 0.0258. The Labute approximate surface area is 303 Å². The van der Waals surface area contributed by atoms with Gasteiger partial charge in [0.2, 0.25) is 5.91 Å². The highest BCUT2D eigenvalue weighted by Gasteiger charge is 2.27. The second-order valence-electron chi connectivity index (χ2n) is 15.0. The van der Waals surface area contributed by atoms with Crippen LogP contribution in [0.5, 0.6) is 0 Å². The van der Waals surface area contributed by atoms with Gasteiger partial charge in [-0.3, -0.25) is 13.8 Å². The Hall–Kier alpha value is -1.02. The Bertz CT molecular complexity index is 860. The van der Waals surface area contributed by atoms with Gasteiger partial charge in [0.1, 0.15) is 13.2 Å². The van der Waals surface area contributed by atoms with Crippen LogP contribution in [0.1, 0.15) is 174 Å². The molecule has 9 heteroatoms. The van der Waals surface area contributed by atoms with Gasteiger partial charge in [-0.15, -0.1) is 0 Å². The number of aliphatic hydroxyl groups excluding tert-OH is 1. The second-order valence-corrected chi connectivity index (χ2v) is 16.5. The number of phosphoric acid groups is 1. The van der Waals surface area contributed by atoms with Crippen LogP contribution in [0.3, 0.4) is 0 Å². The molecule has 0 rings (SSSR count). The lowest BCUT2D eigenvalue weighted by Gasteiger charge is -2.25. The Balaban J connectivity index is 4.38. The van der Waals surface area contributed by atoms with Crippen LogP contribution in [0.2, 0.25) is 0 Å². The molecule has 0 bridgehead atoms. The Kier molecular flexibility index (Phi) is 32.2. The van der Waals surface area contributed by atoms with Gasteiger partial charge in [-0.25, -0.2) is 4.57 Å². The number of allylic oxidation sites excluding steroid dienone is 3. The van der Waals surface area contributed by atoms with Crippen molar-refractivity contribution in [2.75, 3.05) is 40.9 Å². The van der Waals surface area contributed by atoms with Crippen molar-refractivity contribution in [2.24, 2.45) is 0 Å². The number of phosphoric ester groups is 1. The largest absolute Gasteiger partial charge is 0.472 e. The number of quaternary nitrogens is 1. The highest BCUT2D eigenvalue weighted by atomic mass is 31.2. The fourth-order valence-electron chi connectivity index (χ4n) is 5.62. The number of unbranched alkanes of at least 4 members (excludes halogenated alkanes) is 21. The van der Waals surface area contributed by atoms with Crippen LogP contribution >= 0.6 is 7.82 Å². The zero-order valence-corrected chi connectivity index (χ0v) is 33.6. The average Bonchev–Trinajstić information content (AvgIpc) is 3.04. The molecule has 0 aromatic rings. The zero-order valence-electron chi connectivity index (χ0n) is 32.7. The molecule has 0 spiro atoms. The van der Waals surface area contributed by atoms with E-state index in [0.29, 0.717) is 17.4 Å². The molecule has 290 valence electrons. The summed E-state index contributed by atoms with van der Waals surface area (Å²) >= 11 is 0. The van der Waals surface area contributed by atoms with Crippen molar-refractivity contribution in [3.8, 4) is 0 Å². The molecule has 0 fully saturated rings. The molecule has 0 aromatic heterocycles. The third kappa shape index (κ3) is 35.2. The first-order valence-electron chi connectivity index (χ1n) is 20.2. The molecule has 8 nitrogen and oxygen atoms in total. The minimum absolute atomic E-state index is 0.0611. The van der Waals surface area contributed by atoms with Crippen LogP contribution in [0.15, 0.2) is 24.3 Å². The van der Waals surface area contributed by atoms with Gasteiger partial charge < -0.3 is 19.8 Å². The van der Waals surface area contributed by atoms with Crippen molar-refractivity contribution in [3.05, 3.63) is 24.3 Å². The molecule has 0 aliphatic rings. The number of rotatable bonds is 36. The lowest BCUT2D eigenvalue weighted by molar-refractivity contribution is -0.870. The summed E-state index contributed by atoms with van der Waals surface area (Å²) in [5.41, 5.74) is 0. The normalized spacial score (nSPS) is 14.8. The summed E-state index contributed by atoms with van der Waals surface area (Å²) in [5.74, 6) is -0.185. The molecule has 0 aliphatic carbocycles. The maximum Gasteiger partial charge on any atom is 0.472 e. The van der Waals surface area contributed by atoms with Gasteiger partial charge in [0.15, 0.2) is 0 Å². The van der Waals surface area contributed by atoms with Crippen LogP contribution in [-0.4, -0.2) is 73.4 Å². The van der Waals surface area contributed by atoms with Crippen LogP contribution in [-0.2, 0) is 18.4 Å². The number of aliphatic hydroxyl groups is 1. The molecule has 0 heterocycles. The number of hydrogen-bond donors (Lipinski definition) is 3. The van der Waals surface area contributed by atoms with E-state index in [1.807, 2.05) is 27.2 Å². The molecule has 49 heavy (non-hydrogen) atoms. The van der Waals surface area contributed by atoms with Crippen molar-refractivity contribution in [1.29, 1.82) is 0 Å². The van der Waals surface area contributed by atoms with Gasteiger partial charge in [-0.2, -0.15) is 0 Å². The highest BCUT2D eigenvalue weighted by Crippen LogP contribution is 2.43. The number of nitrogens with one attached hydrogen (secondary N) is 1. The smallest absolute Gasteiger partial charge is 0.387 e. The summed E-state index contributed by atoms with van der Waals surface area (Å²) in [7, 11) is 1.57. The monoisotopic (exact) mass is 716 g/mol. The fraction of sp³-hybridized carbons (Fsp3) is 0.875. The van der Waals surface area contributed by atoms with Gasteiger partial charge in [0, 0.05) is 6.42 Å². The Morgan fingerprint density at radius 1 is 0.673 bits per heavy atom. The van der Waals surface area contributed by atoms with Crippen molar-refractivity contribution in [2.45, 2.75) is 187 Å². The lowest BCUT2D eigenvalue weighted by atomic mass is 10.1. The Morgan fingerprint density at radius 3 is 1.57 bits per heavy atom. The first-order chi connectivity index (χ1) is 23.5. The average molecular weight is 716 g/mol. The van der Waals surface area contributed by atoms with Gasteiger partial charge in [-0.05, 0) is 44.9 Å². The fourth-order valence-corrected chi connectivity index (χ4v) is 6.36. The molecule has 0 radical (unpaired) electrons. The molecule has 0 saturated carbocycles. The zero-order chi connectivity index (χ0) is 36.5. The molecule has 0 aromatic carbocycles. The number of nitrogens with zero attached hydrogens (tertiary/aromatic N) is 1. The molecule has 0 saturated heterocycles. The Morgan fingerprint density at radius 2 is 1.10 bits per heavy atom. The third-order valence-corrected chi connectivity index (χ3v) is 9.90. The highest BCUT2D eigenvalue weighted by molar-refractivity contribution is 7.47. The van der Waals surface area contributed by atoms with E-state index in [2.05, 4.69) is 31.3 Å². The van der Waals surface area contributed by atoms with Gasteiger partial charge >= 0.3 is 7.82 Å². The predicted octanol–water partition coefficient (Wildman–Crippen LogP) is 10.6. The molecule has 3 atom stereocenters. The van der Waals surface area contributed by atoms with Crippen LogP contribution in [0.25, 0.3) is 0 Å². The van der Waals surface area contributed by atoms with E-state index < -0.39 is 20.0 Å². The number of carbonyl (C=O) groups is 1. The topological polar surface area (TPSA) is 105 Å². The van der Waals surface area contributed by atoms with E-state index in [1.54, 1.807) is 6.08 Å². The molecule has 3 unspecified atom stereocenters. The molecular weight excluding hydrogens is 635 g/mol. The van der Waals surface area contributed by atoms with E-state index in [9.17, 15) is 19.4 Å². The molecule has 1 amide bonds. The molecular formula is C40H80N2O6P+. The van der Waals surface area contributed by atoms with Crippen molar-refractivity contribution >= 4 is 13.7 Å². The summed E-state index contributed by atoms with van der Waals surface area (Å²) < 4.78 is 23.4. The van der Waals surface area contributed by atoms with Crippen molar-refractivity contribution in [1.82, 2.24) is 5.32 Å². The van der Waals surface area contributed by atoms with E-state index in [0.717, 1.165) is 38.5 Å². The standard InChI is InChI=1S/C40H79N2O6P/c1-6-8-10-12-14-16-17-18-19-20-21-22-23-24-26-28-30-32-34-40(44)41-38(37-48-49(45,46)47-36-35-42(3,4)5)39(43)33-31-29-27-25-15-13-11-9-7-2/h19-20,31,33,38-39,43H,6-18,21-30,32,34-37H2,1-5H3,(H-,41,44,45,46)/p+1/b20-19-,33-31+. The lowest BCUT2D eigenvalue weighted by Crippen LogP contribution is -2.45.